The van der Waals surface area contributed by atoms with Gasteiger partial charge in [0.25, 0.3) is 0 Å². The molecule has 0 saturated carbocycles. The number of halogens is 2. The number of carbonyl (C=O) groups is 1. The van der Waals surface area contributed by atoms with Crippen molar-refractivity contribution in [1.82, 2.24) is 9.88 Å². The molecule has 0 N–H and O–H groups in total. The molecule has 0 spiro atoms. The molecule has 7 heteroatoms. The van der Waals surface area contributed by atoms with E-state index in [1.54, 1.807) is 24.3 Å². The van der Waals surface area contributed by atoms with E-state index in [9.17, 15) is 9.18 Å². The van der Waals surface area contributed by atoms with Crippen LogP contribution in [0.1, 0.15) is 12.1 Å². The van der Waals surface area contributed by atoms with Crippen LogP contribution in [0.2, 0.25) is 5.02 Å². The van der Waals surface area contributed by atoms with Crippen molar-refractivity contribution in [3.8, 4) is 11.5 Å². The Morgan fingerprint density at radius 2 is 1.79 bits per heavy atom. The van der Waals surface area contributed by atoms with Crippen molar-refractivity contribution in [2.75, 3.05) is 31.1 Å². The molecule has 0 bridgehead atoms. The van der Waals surface area contributed by atoms with E-state index in [0.29, 0.717) is 36.2 Å². The summed E-state index contributed by atoms with van der Waals surface area (Å²) in [6.45, 7) is 2.86. The molecule has 1 fully saturated rings. The van der Waals surface area contributed by atoms with Gasteiger partial charge in [-0.15, -0.1) is 0 Å². The highest BCUT2D eigenvalue weighted by atomic mass is 35.5. The summed E-state index contributed by atoms with van der Waals surface area (Å²) in [4.78, 5) is 21.2. The second-order valence-electron chi connectivity index (χ2n) is 7.03. The Bertz CT molecular complexity index is 972. The van der Waals surface area contributed by atoms with Crippen LogP contribution in [0.25, 0.3) is 11.5 Å². The molecule has 5 nitrogen and oxygen atoms in total. The maximum atomic E-state index is 13.1. The lowest BCUT2D eigenvalue weighted by atomic mass is 10.2. The molecule has 4 rings (SSSR count). The average Bonchev–Trinajstić information content (AvgIpc) is 3.04. The predicted molar refractivity (Wildman–Crippen MR) is 110 cm³/mol. The fourth-order valence-corrected chi connectivity index (χ4v) is 3.58. The molecule has 1 saturated heterocycles. The smallest absolute Gasteiger partial charge is 0.228 e. The number of rotatable bonds is 4. The van der Waals surface area contributed by atoms with Gasteiger partial charge in [0.15, 0.2) is 0 Å². The van der Waals surface area contributed by atoms with E-state index < -0.39 is 0 Å². The minimum atomic E-state index is -0.244. The zero-order chi connectivity index (χ0) is 20.2. The van der Waals surface area contributed by atoms with E-state index in [1.807, 2.05) is 17.0 Å². The summed E-state index contributed by atoms with van der Waals surface area (Å²) in [7, 11) is 0. The zero-order valence-electron chi connectivity index (χ0n) is 15.9. The maximum absolute atomic E-state index is 13.1. The first-order valence-electron chi connectivity index (χ1n) is 9.57. The predicted octanol–water partition coefficient (Wildman–Crippen LogP) is 4.42. The van der Waals surface area contributed by atoms with Gasteiger partial charge in [-0.3, -0.25) is 4.79 Å². The standard InChI is InChI=1S/C22H21ClFN3O2/c23-17-4-2-16(3-5-17)22-25-19(15-29-22)14-21(28)27-11-1-10-26(12-13-27)20-8-6-18(24)7-9-20/h2-9,15H,1,10-14H2. The highest BCUT2D eigenvalue weighted by Gasteiger charge is 2.21. The molecule has 1 aliphatic rings. The van der Waals surface area contributed by atoms with Crippen LogP contribution >= 0.6 is 11.6 Å². The van der Waals surface area contributed by atoms with Gasteiger partial charge in [-0.05, 0) is 55.0 Å². The SMILES string of the molecule is O=C(Cc1coc(-c2ccc(Cl)cc2)n1)N1CCCN(c2ccc(F)cc2)CC1. The first-order valence-corrected chi connectivity index (χ1v) is 9.95. The normalized spacial score (nSPS) is 14.7. The minimum absolute atomic E-state index is 0.0295. The molecule has 1 aromatic heterocycles. The van der Waals surface area contributed by atoms with Gasteiger partial charge in [-0.2, -0.15) is 0 Å². The molecule has 0 atom stereocenters. The molecule has 29 heavy (non-hydrogen) atoms. The Morgan fingerprint density at radius 3 is 2.55 bits per heavy atom. The van der Waals surface area contributed by atoms with Crippen molar-refractivity contribution in [3.63, 3.8) is 0 Å². The molecule has 1 aliphatic heterocycles. The third-order valence-electron chi connectivity index (χ3n) is 5.02. The number of hydrogen-bond acceptors (Lipinski definition) is 4. The van der Waals surface area contributed by atoms with Gasteiger partial charge in [0.2, 0.25) is 11.8 Å². The fourth-order valence-electron chi connectivity index (χ4n) is 3.46. The second kappa shape index (κ2) is 8.66. The van der Waals surface area contributed by atoms with Crippen molar-refractivity contribution in [2.24, 2.45) is 0 Å². The third kappa shape index (κ3) is 4.77. The molecule has 2 aromatic carbocycles. The Labute approximate surface area is 173 Å². The summed E-state index contributed by atoms with van der Waals surface area (Å²) in [6, 6.07) is 13.7. The Hall–Kier alpha value is -2.86. The van der Waals surface area contributed by atoms with Crippen molar-refractivity contribution in [1.29, 1.82) is 0 Å². The van der Waals surface area contributed by atoms with Crippen molar-refractivity contribution < 1.29 is 13.6 Å². The zero-order valence-corrected chi connectivity index (χ0v) is 16.6. The molecule has 0 unspecified atom stereocenters. The monoisotopic (exact) mass is 413 g/mol. The minimum Gasteiger partial charge on any atom is -0.444 e. The fraction of sp³-hybridized carbons (Fsp3) is 0.273. The Kier molecular flexibility index (Phi) is 5.81. The van der Waals surface area contributed by atoms with Gasteiger partial charge in [-0.25, -0.2) is 9.37 Å². The quantitative estimate of drug-likeness (QED) is 0.635. The van der Waals surface area contributed by atoms with Crippen LogP contribution in [0.15, 0.2) is 59.2 Å². The Morgan fingerprint density at radius 1 is 1.03 bits per heavy atom. The van der Waals surface area contributed by atoms with Gasteiger partial charge in [0, 0.05) is 42.5 Å². The molecule has 0 radical (unpaired) electrons. The van der Waals surface area contributed by atoms with E-state index in [2.05, 4.69) is 9.88 Å². The van der Waals surface area contributed by atoms with Crippen molar-refractivity contribution >= 4 is 23.2 Å². The largest absolute Gasteiger partial charge is 0.444 e. The molecule has 1 amide bonds. The number of anilines is 1. The summed E-state index contributed by atoms with van der Waals surface area (Å²) in [5.74, 6) is 0.260. The summed E-state index contributed by atoms with van der Waals surface area (Å²) >= 11 is 5.91. The van der Waals surface area contributed by atoms with Gasteiger partial charge < -0.3 is 14.2 Å². The van der Waals surface area contributed by atoms with E-state index in [4.69, 9.17) is 16.0 Å². The molecule has 2 heterocycles. The molecular formula is C22H21ClFN3O2. The van der Waals surface area contributed by atoms with E-state index in [1.165, 1.54) is 18.4 Å². The second-order valence-corrected chi connectivity index (χ2v) is 7.46. The lowest BCUT2D eigenvalue weighted by Gasteiger charge is -2.23. The van der Waals surface area contributed by atoms with Crippen LogP contribution in [0.4, 0.5) is 10.1 Å². The van der Waals surface area contributed by atoms with Crippen LogP contribution in [0.5, 0.6) is 0 Å². The van der Waals surface area contributed by atoms with Gasteiger partial charge >= 0.3 is 0 Å². The highest BCUT2D eigenvalue weighted by Crippen LogP contribution is 2.22. The van der Waals surface area contributed by atoms with Gasteiger partial charge in [0.05, 0.1) is 12.1 Å². The first-order chi connectivity index (χ1) is 14.1. The van der Waals surface area contributed by atoms with Crippen molar-refractivity contribution in [2.45, 2.75) is 12.8 Å². The lowest BCUT2D eigenvalue weighted by molar-refractivity contribution is -0.130. The number of carbonyl (C=O) groups excluding carboxylic acids is 1. The van der Waals surface area contributed by atoms with Crippen LogP contribution < -0.4 is 4.90 Å². The number of benzene rings is 2. The van der Waals surface area contributed by atoms with Gasteiger partial charge in [-0.1, -0.05) is 11.6 Å². The lowest BCUT2D eigenvalue weighted by Crippen LogP contribution is -2.36. The third-order valence-corrected chi connectivity index (χ3v) is 5.27. The molecular weight excluding hydrogens is 393 g/mol. The maximum Gasteiger partial charge on any atom is 0.228 e. The number of amides is 1. The highest BCUT2D eigenvalue weighted by molar-refractivity contribution is 6.30. The van der Waals surface area contributed by atoms with Crippen LogP contribution in [0.3, 0.4) is 0 Å². The van der Waals surface area contributed by atoms with Crippen LogP contribution in [-0.2, 0) is 11.2 Å². The first kappa shape index (κ1) is 19.5. The molecule has 150 valence electrons. The number of oxazole rings is 1. The summed E-state index contributed by atoms with van der Waals surface area (Å²) in [5, 5.41) is 0.645. The molecule has 3 aromatic rings. The number of aromatic nitrogens is 1. The summed E-state index contributed by atoms with van der Waals surface area (Å²) in [5.41, 5.74) is 2.40. The van der Waals surface area contributed by atoms with Crippen LogP contribution in [-0.4, -0.2) is 42.0 Å². The summed E-state index contributed by atoms with van der Waals surface area (Å²) < 4.78 is 18.7. The topological polar surface area (TPSA) is 49.6 Å². The number of hydrogen-bond donors (Lipinski definition) is 0. The van der Waals surface area contributed by atoms with Gasteiger partial charge in [0.1, 0.15) is 12.1 Å². The van der Waals surface area contributed by atoms with E-state index in [0.717, 1.165) is 24.2 Å². The molecule has 0 aliphatic carbocycles. The summed E-state index contributed by atoms with van der Waals surface area (Å²) in [6.07, 6.45) is 2.59. The van der Waals surface area contributed by atoms with E-state index >= 15 is 0 Å². The Balaban J connectivity index is 1.36. The van der Waals surface area contributed by atoms with E-state index in [-0.39, 0.29) is 18.1 Å². The van der Waals surface area contributed by atoms with Crippen molar-refractivity contribution in [3.05, 3.63) is 71.3 Å². The van der Waals surface area contributed by atoms with Crippen LogP contribution in [0, 0.1) is 5.82 Å². The number of nitrogens with zero attached hydrogens (tertiary/aromatic N) is 3. The average molecular weight is 414 g/mol.